The van der Waals surface area contributed by atoms with Gasteiger partial charge in [0, 0.05) is 19.5 Å². The molecule has 1 atom stereocenters. The molecular formula is C28H28FN3O2. The number of morpholine rings is 1. The maximum atomic E-state index is 14.0. The lowest BCUT2D eigenvalue weighted by Crippen LogP contribution is -2.44. The SMILES string of the molecule is Cc1cc2nc(Cc3ccc(F)cc3)n(C(C(=O)N3CCOCC3)c3ccccc3)c2cc1C. The molecule has 0 N–H and O–H groups in total. The number of imidazole rings is 1. The van der Waals surface area contributed by atoms with Crippen LogP contribution in [0.5, 0.6) is 0 Å². The summed E-state index contributed by atoms with van der Waals surface area (Å²) in [4.78, 5) is 20.9. The van der Waals surface area contributed by atoms with Crippen LogP contribution in [-0.2, 0) is 16.0 Å². The van der Waals surface area contributed by atoms with Crippen molar-refractivity contribution in [2.75, 3.05) is 26.3 Å². The lowest BCUT2D eigenvalue weighted by atomic mass is 10.0. The molecule has 4 aromatic rings. The minimum atomic E-state index is -0.554. The van der Waals surface area contributed by atoms with Gasteiger partial charge in [-0.15, -0.1) is 0 Å². The second kappa shape index (κ2) is 9.39. The normalized spacial score (nSPS) is 15.0. The van der Waals surface area contributed by atoms with Crippen molar-refractivity contribution < 1.29 is 13.9 Å². The van der Waals surface area contributed by atoms with E-state index in [1.807, 2.05) is 35.2 Å². The van der Waals surface area contributed by atoms with E-state index in [0.29, 0.717) is 32.7 Å². The molecule has 1 unspecified atom stereocenters. The Hall–Kier alpha value is -3.51. The molecule has 0 bridgehead atoms. The van der Waals surface area contributed by atoms with Gasteiger partial charge >= 0.3 is 0 Å². The van der Waals surface area contributed by atoms with E-state index < -0.39 is 6.04 Å². The molecule has 34 heavy (non-hydrogen) atoms. The van der Waals surface area contributed by atoms with Crippen molar-refractivity contribution in [2.45, 2.75) is 26.3 Å². The Balaban J connectivity index is 1.70. The molecular weight excluding hydrogens is 429 g/mol. The first-order valence-electron chi connectivity index (χ1n) is 11.7. The monoisotopic (exact) mass is 457 g/mol. The summed E-state index contributed by atoms with van der Waals surface area (Å²) in [5.74, 6) is 0.544. The highest BCUT2D eigenvalue weighted by Crippen LogP contribution is 2.31. The van der Waals surface area contributed by atoms with Crippen molar-refractivity contribution in [1.82, 2.24) is 14.5 Å². The van der Waals surface area contributed by atoms with Gasteiger partial charge in [0.1, 0.15) is 17.7 Å². The van der Waals surface area contributed by atoms with Gasteiger partial charge in [0.25, 0.3) is 5.91 Å². The number of hydrogen-bond donors (Lipinski definition) is 0. The number of nitrogens with zero attached hydrogens (tertiary/aromatic N) is 3. The number of halogens is 1. The average Bonchev–Trinajstić information content (AvgIpc) is 3.18. The molecule has 2 heterocycles. The summed E-state index contributed by atoms with van der Waals surface area (Å²) in [5, 5.41) is 0. The van der Waals surface area contributed by atoms with E-state index in [0.717, 1.165) is 39.1 Å². The first-order valence-corrected chi connectivity index (χ1v) is 11.7. The van der Waals surface area contributed by atoms with E-state index in [1.165, 1.54) is 12.1 Å². The third kappa shape index (κ3) is 4.33. The molecule has 1 fully saturated rings. The molecule has 6 heteroatoms. The molecule has 0 saturated carbocycles. The average molecular weight is 458 g/mol. The number of carbonyl (C=O) groups is 1. The van der Waals surface area contributed by atoms with E-state index in [4.69, 9.17) is 9.72 Å². The number of fused-ring (bicyclic) bond motifs is 1. The van der Waals surface area contributed by atoms with Crippen molar-refractivity contribution in [1.29, 1.82) is 0 Å². The highest BCUT2D eigenvalue weighted by atomic mass is 19.1. The van der Waals surface area contributed by atoms with Gasteiger partial charge in [0.15, 0.2) is 0 Å². The number of aromatic nitrogens is 2. The summed E-state index contributed by atoms with van der Waals surface area (Å²) in [7, 11) is 0. The number of carbonyl (C=O) groups excluding carboxylic acids is 1. The zero-order valence-corrected chi connectivity index (χ0v) is 19.5. The van der Waals surface area contributed by atoms with Crippen LogP contribution in [0.25, 0.3) is 11.0 Å². The topological polar surface area (TPSA) is 47.4 Å². The quantitative estimate of drug-likeness (QED) is 0.431. The molecule has 1 aliphatic rings. The van der Waals surface area contributed by atoms with E-state index in [9.17, 15) is 9.18 Å². The second-order valence-electron chi connectivity index (χ2n) is 8.88. The molecule has 5 rings (SSSR count). The van der Waals surface area contributed by atoms with Crippen LogP contribution in [0.1, 0.15) is 34.1 Å². The van der Waals surface area contributed by atoms with Crippen molar-refractivity contribution in [2.24, 2.45) is 0 Å². The molecule has 1 aromatic heterocycles. The molecule has 0 radical (unpaired) electrons. The standard InChI is InChI=1S/C28H28FN3O2/c1-19-16-24-25(17-20(19)2)32(26(30-24)18-21-8-10-23(29)11-9-21)27(22-6-4-3-5-7-22)28(33)31-12-14-34-15-13-31/h3-11,16-17,27H,12-15,18H2,1-2H3. The zero-order valence-electron chi connectivity index (χ0n) is 19.5. The first kappa shape index (κ1) is 22.3. The van der Waals surface area contributed by atoms with Crippen LogP contribution in [0, 0.1) is 19.7 Å². The fraction of sp³-hybridized carbons (Fsp3) is 0.286. The first-order chi connectivity index (χ1) is 16.5. The molecule has 1 saturated heterocycles. The maximum absolute atomic E-state index is 14.0. The number of amides is 1. The summed E-state index contributed by atoms with van der Waals surface area (Å²) in [6.45, 7) is 6.37. The maximum Gasteiger partial charge on any atom is 0.250 e. The van der Waals surface area contributed by atoms with Gasteiger partial charge < -0.3 is 14.2 Å². The summed E-state index contributed by atoms with van der Waals surface area (Å²) in [5.41, 5.74) is 5.94. The van der Waals surface area contributed by atoms with Crippen LogP contribution in [-0.4, -0.2) is 46.7 Å². The molecule has 1 amide bonds. The molecule has 1 aliphatic heterocycles. The van der Waals surface area contributed by atoms with Gasteiger partial charge in [-0.1, -0.05) is 42.5 Å². The molecule has 0 spiro atoms. The van der Waals surface area contributed by atoms with Gasteiger partial charge in [0.2, 0.25) is 0 Å². The van der Waals surface area contributed by atoms with Crippen LogP contribution in [0.3, 0.4) is 0 Å². The van der Waals surface area contributed by atoms with E-state index in [1.54, 1.807) is 12.1 Å². The van der Waals surface area contributed by atoms with E-state index >= 15 is 0 Å². The third-order valence-corrected chi connectivity index (χ3v) is 6.58. The zero-order chi connectivity index (χ0) is 23.7. The van der Waals surface area contributed by atoms with Gasteiger partial charge in [-0.05, 0) is 60.4 Å². The second-order valence-corrected chi connectivity index (χ2v) is 8.88. The van der Waals surface area contributed by atoms with Crippen LogP contribution in [0.15, 0.2) is 66.7 Å². The highest BCUT2D eigenvalue weighted by Gasteiger charge is 2.32. The Kier molecular flexibility index (Phi) is 6.16. The Morgan fingerprint density at radius 3 is 2.38 bits per heavy atom. The van der Waals surface area contributed by atoms with Gasteiger partial charge in [-0.2, -0.15) is 0 Å². The summed E-state index contributed by atoms with van der Waals surface area (Å²) < 4.78 is 21.1. The number of hydrogen-bond acceptors (Lipinski definition) is 3. The molecule has 0 aliphatic carbocycles. The van der Waals surface area contributed by atoms with Crippen LogP contribution in [0.2, 0.25) is 0 Å². The number of benzene rings is 3. The van der Waals surface area contributed by atoms with Crippen LogP contribution in [0.4, 0.5) is 4.39 Å². The molecule has 174 valence electrons. The van der Waals surface area contributed by atoms with Crippen LogP contribution < -0.4 is 0 Å². The van der Waals surface area contributed by atoms with E-state index in [-0.39, 0.29) is 11.7 Å². The Labute approximate surface area is 198 Å². The Morgan fingerprint density at radius 1 is 1.00 bits per heavy atom. The number of rotatable bonds is 5. The smallest absolute Gasteiger partial charge is 0.250 e. The largest absolute Gasteiger partial charge is 0.378 e. The summed E-state index contributed by atoms with van der Waals surface area (Å²) in [6, 6.07) is 20.0. The van der Waals surface area contributed by atoms with Crippen molar-refractivity contribution in [3.63, 3.8) is 0 Å². The minimum Gasteiger partial charge on any atom is -0.378 e. The van der Waals surface area contributed by atoms with Crippen LogP contribution >= 0.6 is 0 Å². The van der Waals surface area contributed by atoms with Gasteiger partial charge in [-0.25, -0.2) is 9.37 Å². The summed E-state index contributed by atoms with van der Waals surface area (Å²) >= 11 is 0. The molecule has 5 nitrogen and oxygen atoms in total. The van der Waals surface area contributed by atoms with Gasteiger partial charge in [0.05, 0.1) is 24.2 Å². The van der Waals surface area contributed by atoms with Crippen molar-refractivity contribution in [3.8, 4) is 0 Å². The lowest BCUT2D eigenvalue weighted by molar-refractivity contribution is -0.137. The lowest BCUT2D eigenvalue weighted by Gasteiger charge is -2.32. The third-order valence-electron chi connectivity index (χ3n) is 6.58. The number of ether oxygens (including phenoxy) is 1. The van der Waals surface area contributed by atoms with Crippen molar-refractivity contribution in [3.05, 3.63) is 101 Å². The fourth-order valence-corrected chi connectivity index (χ4v) is 4.59. The van der Waals surface area contributed by atoms with Gasteiger partial charge in [-0.3, -0.25) is 4.79 Å². The molecule has 3 aromatic carbocycles. The Morgan fingerprint density at radius 2 is 1.68 bits per heavy atom. The Bertz CT molecular complexity index is 1310. The summed E-state index contributed by atoms with van der Waals surface area (Å²) in [6.07, 6.45) is 0.493. The predicted octanol–water partition coefficient (Wildman–Crippen LogP) is 4.83. The predicted molar refractivity (Wildman–Crippen MR) is 130 cm³/mol. The number of aryl methyl sites for hydroxylation is 2. The minimum absolute atomic E-state index is 0.0346. The van der Waals surface area contributed by atoms with E-state index in [2.05, 4.69) is 30.5 Å². The fourth-order valence-electron chi connectivity index (χ4n) is 4.59. The van der Waals surface area contributed by atoms with Crippen molar-refractivity contribution >= 4 is 16.9 Å². The highest BCUT2D eigenvalue weighted by molar-refractivity contribution is 5.87.